The van der Waals surface area contributed by atoms with Gasteiger partial charge >= 0.3 is 6.03 Å². The molecule has 0 spiro atoms. The highest BCUT2D eigenvalue weighted by atomic mass is 19.1. The number of amides is 2. The molecule has 142 valence electrons. The van der Waals surface area contributed by atoms with Crippen molar-refractivity contribution in [1.82, 2.24) is 9.55 Å². The third-order valence-electron chi connectivity index (χ3n) is 4.61. The number of anilines is 2. The van der Waals surface area contributed by atoms with Crippen LogP contribution in [0.4, 0.5) is 25.1 Å². The van der Waals surface area contributed by atoms with Crippen molar-refractivity contribution in [2.75, 3.05) is 10.6 Å². The number of carbonyl (C=O) groups is 1. The Morgan fingerprint density at radius 1 is 1.04 bits per heavy atom. The molecule has 0 unspecified atom stereocenters. The molecular weight excluding hydrogens is 366 g/mol. The molecule has 3 aromatic rings. The van der Waals surface area contributed by atoms with Crippen LogP contribution in [-0.2, 0) is 12.8 Å². The first kappa shape index (κ1) is 17.8. The van der Waals surface area contributed by atoms with Crippen molar-refractivity contribution in [3.63, 3.8) is 0 Å². The van der Waals surface area contributed by atoms with Gasteiger partial charge in [-0.25, -0.2) is 18.6 Å². The SMILES string of the molecule is O=C(Nc1ccc(F)cc1F)Nc1nccn(-c2ccc3c(c2)CCC3)c1=O. The summed E-state index contributed by atoms with van der Waals surface area (Å²) in [6, 6.07) is 7.71. The quantitative estimate of drug-likeness (QED) is 0.726. The maximum atomic E-state index is 13.7. The third-order valence-corrected chi connectivity index (χ3v) is 4.61. The van der Waals surface area contributed by atoms with Crippen molar-refractivity contribution in [2.45, 2.75) is 19.3 Å². The highest BCUT2D eigenvalue weighted by molar-refractivity contribution is 5.99. The lowest BCUT2D eigenvalue weighted by atomic mass is 10.1. The molecule has 2 N–H and O–H groups in total. The summed E-state index contributed by atoms with van der Waals surface area (Å²) in [4.78, 5) is 28.7. The Balaban J connectivity index is 1.57. The molecule has 2 amide bonds. The van der Waals surface area contributed by atoms with Crippen LogP contribution >= 0.6 is 0 Å². The molecule has 6 nitrogen and oxygen atoms in total. The molecule has 28 heavy (non-hydrogen) atoms. The lowest BCUT2D eigenvalue weighted by Gasteiger charge is -2.11. The number of aryl methyl sites for hydroxylation is 2. The first-order valence-electron chi connectivity index (χ1n) is 8.74. The standard InChI is InChI=1S/C20H16F2N4O2/c21-14-5-7-17(16(22)11-14)24-20(28)25-18-19(27)26(9-8-23-18)15-6-4-12-2-1-3-13(12)10-15/h4-11H,1-3H2,(H2,23,24,25,28). The highest BCUT2D eigenvalue weighted by Gasteiger charge is 2.15. The lowest BCUT2D eigenvalue weighted by molar-refractivity contribution is 0.262. The Morgan fingerprint density at radius 3 is 2.68 bits per heavy atom. The third kappa shape index (κ3) is 3.48. The molecule has 1 aliphatic rings. The summed E-state index contributed by atoms with van der Waals surface area (Å²) >= 11 is 0. The van der Waals surface area contributed by atoms with Crippen LogP contribution in [0.25, 0.3) is 5.69 Å². The maximum absolute atomic E-state index is 13.7. The molecule has 1 aromatic heterocycles. The minimum absolute atomic E-state index is 0.206. The zero-order chi connectivity index (χ0) is 19.7. The number of nitrogens with zero attached hydrogens (tertiary/aromatic N) is 2. The first-order valence-corrected chi connectivity index (χ1v) is 8.74. The molecule has 0 aliphatic heterocycles. The minimum Gasteiger partial charge on any atom is -0.305 e. The monoisotopic (exact) mass is 382 g/mol. The molecule has 2 aromatic carbocycles. The van der Waals surface area contributed by atoms with E-state index in [0.717, 1.165) is 31.4 Å². The minimum atomic E-state index is -0.924. The van der Waals surface area contributed by atoms with Gasteiger partial charge in [0.15, 0.2) is 0 Å². The van der Waals surface area contributed by atoms with Crippen molar-refractivity contribution >= 4 is 17.5 Å². The van der Waals surface area contributed by atoms with Gasteiger partial charge in [0.2, 0.25) is 5.82 Å². The Bertz CT molecular complexity index is 1130. The van der Waals surface area contributed by atoms with Gasteiger partial charge in [-0.2, -0.15) is 0 Å². The number of nitrogens with one attached hydrogen (secondary N) is 2. The van der Waals surface area contributed by atoms with Gasteiger partial charge in [-0.3, -0.25) is 14.7 Å². The van der Waals surface area contributed by atoms with Crippen molar-refractivity contribution in [3.8, 4) is 5.69 Å². The normalized spacial score (nSPS) is 12.5. The molecule has 8 heteroatoms. The molecule has 4 rings (SSSR count). The number of rotatable bonds is 3. The summed E-state index contributed by atoms with van der Waals surface area (Å²) in [6.45, 7) is 0. The van der Waals surface area contributed by atoms with Gasteiger partial charge in [0.25, 0.3) is 5.56 Å². The molecule has 0 fully saturated rings. The smallest absolute Gasteiger partial charge is 0.305 e. The van der Waals surface area contributed by atoms with Gasteiger partial charge in [-0.1, -0.05) is 6.07 Å². The molecule has 0 radical (unpaired) electrons. The number of aromatic nitrogens is 2. The predicted octanol–water partition coefficient (Wildman–Crippen LogP) is 3.64. The highest BCUT2D eigenvalue weighted by Crippen LogP contribution is 2.24. The molecule has 0 bridgehead atoms. The van der Waals surface area contributed by atoms with Crippen LogP contribution < -0.4 is 16.2 Å². The number of fused-ring (bicyclic) bond motifs is 1. The van der Waals surface area contributed by atoms with Crippen molar-refractivity contribution in [2.24, 2.45) is 0 Å². The molecule has 0 saturated carbocycles. The second-order valence-corrected chi connectivity index (χ2v) is 6.46. The van der Waals surface area contributed by atoms with Gasteiger partial charge in [0.1, 0.15) is 11.6 Å². The molecular formula is C20H16F2N4O2. The molecule has 0 saturated heterocycles. The first-order chi connectivity index (χ1) is 13.5. The van der Waals surface area contributed by atoms with Crippen LogP contribution in [0.5, 0.6) is 0 Å². The van der Waals surface area contributed by atoms with E-state index in [1.807, 2.05) is 18.2 Å². The van der Waals surface area contributed by atoms with E-state index in [1.54, 1.807) is 0 Å². The Labute approximate surface area is 158 Å². The summed E-state index contributed by atoms with van der Waals surface area (Å²) in [6.07, 6.45) is 6.01. The van der Waals surface area contributed by atoms with Crippen LogP contribution in [0.15, 0.2) is 53.6 Å². The van der Waals surface area contributed by atoms with E-state index in [-0.39, 0.29) is 11.5 Å². The summed E-state index contributed by atoms with van der Waals surface area (Å²) in [7, 11) is 0. The fourth-order valence-electron chi connectivity index (χ4n) is 3.26. The van der Waals surface area contributed by atoms with E-state index < -0.39 is 23.2 Å². The van der Waals surface area contributed by atoms with Crippen LogP contribution in [0.1, 0.15) is 17.5 Å². The largest absolute Gasteiger partial charge is 0.325 e. The van der Waals surface area contributed by atoms with Crippen LogP contribution in [0.3, 0.4) is 0 Å². The number of carbonyl (C=O) groups excluding carboxylic acids is 1. The van der Waals surface area contributed by atoms with Crippen molar-refractivity contribution in [3.05, 3.63) is 81.9 Å². The number of urea groups is 1. The van der Waals surface area contributed by atoms with E-state index in [9.17, 15) is 18.4 Å². The van der Waals surface area contributed by atoms with Crippen molar-refractivity contribution < 1.29 is 13.6 Å². The van der Waals surface area contributed by atoms with Gasteiger partial charge in [0.05, 0.1) is 5.69 Å². The number of halogens is 2. The topological polar surface area (TPSA) is 76.0 Å². The number of hydrogen-bond acceptors (Lipinski definition) is 3. The number of benzene rings is 2. The Hall–Kier alpha value is -3.55. The zero-order valence-corrected chi connectivity index (χ0v) is 14.7. The summed E-state index contributed by atoms with van der Waals surface area (Å²) in [5.41, 5.74) is 2.44. The predicted molar refractivity (Wildman–Crippen MR) is 101 cm³/mol. The van der Waals surface area contributed by atoms with E-state index >= 15 is 0 Å². The average molecular weight is 382 g/mol. The van der Waals surface area contributed by atoms with Gasteiger partial charge in [0, 0.05) is 24.1 Å². The van der Waals surface area contributed by atoms with E-state index in [2.05, 4.69) is 15.6 Å². The second kappa shape index (κ2) is 7.22. The van der Waals surface area contributed by atoms with Gasteiger partial charge < -0.3 is 5.32 Å². The van der Waals surface area contributed by atoms with Gasteiger partial charge in [-0.15, -0.1) is 0 Å². The van der Waals surface area contributed by atoms with Crippen LogP contribution in [0, 0.1) is 11.6 Å². The summed E-state index contributed by atoms with van der Waals surface area (Å²) < 4.78 is 28.0. The van der Waals surface area contributed by atoms with Crippen LogP contribution in [-0.4, -0.2) is 15.6 Å². The van der Waals surface area contributed by atoms with Crippen molar-refractivity contribution in [1.29, 1.82) is 0 Å². The van der Waals surface area contributed by atoms with E-state index in [0.29, 0.717) is 11.8 Å². The Morgan fingerprint density at radius 2 is 1.86 bits per heavy atom. The molecule has 0 atom stereocenters. The summed E-state index contributed by atoms with van der Waals surface area (Å²) in [5, 5.41) is 4.53. The zero-order valence-electron chi connectivity index (χ0n) is 14.7. The lowest BCUT2D eigenvalue weighted by Crippen LogP contribution is -2.28. The van der Waals surface area contributed by atoms with Gasteiger partial charge in [-0.05, 0) is 54.7 Å². The molecule has 1 heterocycles. The fourth-order valence-corrected chi connectivity index (χ4v) is 3.26. The second-order valence-electron chi connectivity index (χ2n) is 6.46. The fraction of sp³-hybridized carbons (Fsp3) is 0.150. The van der Waals surface area contributed by atoms with Crippen LogP contribution in [0.2, 0.25) is 0 Å². The maximum Gasteiger partial charge on any atom is 0.325 e. The average Bonchev–Trinajstić information content (AvgIpc) is 3.13. The molecule has 1 aliphatic carbocycles. The Kier molecular flexibility index (Phi) is 4.60. The summed E-state index contributed by atoms with van der Waals surface area (Å²) in [5.74, 6) is -1.89. The van der Waals surface area contributed by atoms with E-state index in [4.69, 9.17) is 0 Å². The van der Waals surface area contributed by atoms with E-state index in [1.165, 1.54) is 28.1 Å². The number of hydrogen-bond donors (Lipinski definition) is 2.